The van der Waals surface area contributed by atoms with Crippen molar-refractivity contribution in [1.29, 1.82) is 0 Å². The maximum atomic E-state index is 10.9. The van der Waals surface area contributed by atoms with E-state index in [9.17, 15) is 4.79 Å². The second kappa shape index (κ2) is 16.6. The van der Waals surface area contributed by atoms with Crippen LogP contribution in [0.2, 0.25) is 0 Å². The molecule has 0 atom stereocenters. The first kappa shape index (κ1) is 19.5. The SMILES string of the molecule is CCCC/C=C/C=C\C#CCCCCCCCC(=O)OC. The molecule has 118 valence electrons. The van der Waals surface area contributed by atoms with Gasteiger partial charge < -0.3 is 4.74 Å². The van der Waals surface area contributed by atoms with Crippen molar-refractivity contribution in [3.05, 3.63) is 24.3 Å². The highest BCUT2D eigenvalue weighted by atomic mass is 16.5. The number of carbonyl (C=O) groups is 1. The summed E-state index contributed by atoms with van der Waals surface area (Å²) in [4.78, 5) is 10.9. The van der Waals surface area contributed by atoms with Crippen molar-refractivity contribution in [1.82, 2.24) is 0 Å². The van der Waals surface area contributed by atoms with E-state index in [-0.39, 0.29) is 5.97 Å². The Bertz CT molecular complexity index is 355. The number of rotatable bonds is 11. The number of ether oxygens (including phenoxy) is 1. The predicted octanol–water partition coefficient (Wildman–Crippen LogP) is 5.20. The van der Waals surface area contributed by atoms with Crippen molar-refractivity contribution >= 4 is 5.97 Å². The molecule has 0 aromatic rings. The summed E-state index contributed by atoms with van der Waals surface area (Å²) >= 11 is 0. The van der Waals surface area contributed by atoms with Crippen LogP contribution in [0.25, 0.3) is 0 Å². The van der Waals surface area contributed by atoms with E-state index in [2.05, 4.69) is 35.7 Å². The van der Waals surface area contributed by atoms with Crippen molar-refractivity contribution in [2.45, 2.75) is 71.1 Å². The minimum atomic E-state index is -0.101. The van der Waals surface area contributed by atoms with Crippen LogP contribution >= 0.6 is 0 Å². The summed E-state index contributed by atoms with van der Waals surface area (Å²) in [6.07, 6.45) is 18.9. The number of methoxy groups -OCH3 is 1. The highest BCUT2D eigenvalue weighted by molar-refractivity contribution is 5.68. The number of allylic oxidation sites excluding steroid dienone is 4. The summed E-state index contributed by atoms with van der Waals surface area (Å²) in [5, 5.41) is 0. The first-order valence-corrected chi connectivity index (χ1v) is 8.18. The first-order valence-electron chi connectivity index (χ1n) is 8.18. The van der Waals surface area contributed by atoms with Crippen molar-refractivity contribution in [3.63, 3.8) is 0 Å². The van der Waals surface area contributed by atoms with Crippen LogP contribution in [0.1, 0.15) is 71.1 Å². The van der Waals surface area contributed by atoms with Gasteiger partial charge in [-0.3, -0.25) is 4.79 Å². The molecule has 0 aliphatic rings. The second-order valence-corrected chi connectivity index (χ2v) is 5.09. The summed E-state index contributed by atoms with van der Waals surface area (Å²) < 4.78 is 4.60. The highest BCUT2D eigenvalue weighted by Crippen LogP contribution is 2.07. The Hall–Kier alpha value is -1.49. The van der Waals surface area contributed by atoms with Crippen LogP contribution < -0.4 is 0 Å². The summed E-state index contributed by atoms with van der Waals surface area (Å²) in [6.45, 7) is 2.20. The molecule has 0 N–H and O–H groups in total. The Labute approximate surface area is 130 Å². The fourth-order valence-corrected chi connectivity index (χ4v) is 1.85. The fraction of sp³-hybridized carbons (Fsp3) is 0.632. The molecule has 2 heteroatoms. The van der Waals surface area contributed by atoms with E-state index in [1.807, 2.05) is 12.2 Å². The molecule has 21 heavy (non-hydrogen) atoms. The Morgan fingerprint density at radius 3 is 2.57 bits per heavy atom. The van der Waals surface area contributed by atoms with E-state index in [0.717, 1.165) is 32.1 Å². The van der Waals surface area contributed by atoms with E-state index in [4.69, 9.17) is 0 Å². The van der Waals surface area contributed by atoms with Gasteiger partial charge in [-0.15, -0.1) is 0 Å². The van der Waals surface area contributed by atoms with E-state index < -0.39 is 0 Å². The van der Waals surface area contributed by atoms with Crippen molar-refractivity contribution in [3.8, 4) is 11.8 Å². The molecule has 0 saturated carbocycles. The van der Waals surface area contributed by atoms with Gasteiger partial charge >= 0.3 is 5.97 Å². The number of hydrogen-bond acceptors (Lipinski definition) is 2. The largest absolute Gasteiger partial charge is 0.469 e. The lowest BCUT2D eigenvalue weighted by molar-refractivity contribution is -0.140. The lowest BCUT2D eigenvalue weighted by Gasteiger charge is -1.99. The molecule has 0 fully saturated rings. The zero-order chi connectivity index (χ0) is 15.6. The standard InChI is InChI=1S/C19H30O2/c1-3-4-5-6-7-8-9-10-11-12-13-14-15-16-17-18-19(20)21-2/h6-9H,3-5,12-18H2,1-2H3/b7-6+,9-8-. The normalized spacial score (nSPS) is 10.8. The third-order valence-corrected chi connectivity index (χ3v) is 3.16. The number of hydrogen-bond donors (Lipinski definition) is 0. The first-order chi connectivity index (χ1) is 10.3. The van der Waals surface area contributed by atoms with Gasteiger partial charge in [-0.25, -0.2) is 0 Å². The topological polar surface area (TPSA) is 26.3 Å². The smallest absolute Gasteiger partial charge is 0.305 e. The van der Waals surface area contributed by atoms with E-state index in [1.54, 1.807) is 0 Å². The van der Waals surface area contributed by atoms with Crippen LogP contribution in [0.3, 0.4) is 0 Å². The van der Waals surface area contributed by atoms with Crippen LogP contribution in [-0.4, -0.2) is 13.1 Å². The van der Waals surface area contributed by atoms with Crippen LogP contribution in [-0.2, 0) is 9.53 Å². The molecule has 0 saturated heterocycles. The molecule has 0 aliphatic carbocycles. The Kier molecular flexibility index (Phi) is 15.4. The van der Waals surface area contributed by atoms with Crippen molar-refractivity contribution in [2.75, 3.05) is 7.11 Å². The van der Waals surface area contributed by atoms with Gasteiger partial charge in [-0.2, -0.15) is 0 Å². The van der Waals surface area contributed by atoms with E-state index in [1.165, 1.54) is 32.8 Å². The second-order valence-electron chi connectivity index (χ2n) is 5.09. The molecule has 0 unspecified atom stereocenters. The third kappa shape index (κ3) is 16.5. The molecule has 0 heterocycles. The van der Waals surface area contributed by atoms with Gasteiger partial charge in [-0.1, -0.05) is 69.1 Å². The third-order valence-electron chi connectivity index (χ3n) is 3.16. The van der Waals surface area contributed by atoms with Crippen LogP contribution in [0.15, 0.2) is 24.3 Å². The van der Waals surface area contributed by atoms with Gasteiger partial charge in [0.25, 0.3) is 0 Å². The maximum absolute atomic E-state index is 10.9. The Morgan fingerprint density at radius 2 is 1.81 bits per heavy atom. The minimum absolute atomic E-state index is 0.101. The molecule has 0 spiro atoms. The molecular weight excluding hydrogens is 260 g/mol. The average Bonchev–Trinajstić information content (AvgIpc) is 2.50. The highest BCUT2D eigenvalue weighted by Gasteiger charge is 1.98. The lowest BCUT2D eigenvalue weighted by atomic mass is 10.1. The van der Waals surface area contributed by atoms with Gasteiger partial charge in [0, 0.05) is 12.8 Å². The monoisotopic (exact) mass is 290 g/mol. The Morgan fingerprint density at radius 1 is 1.05 bits per heavy atom. The molecular formula is C19H30O2. The zero-order valence-electron chi connectivity index (χ0n) is 13.7. The number of carbonyl (C=O) groups excluding carboxylic acids is 1. The van der Waals surface area contributed by atoms with Gasteiger partial charge in [0.1, 0.15) is 0 Å². The van der Waals surface area contributed by atoms with Gasteiger partial charge in [0.15, 0.2) is 0 Å². The van der Waals surface area contributed by atoms with Gasteiger partial charge in [0.2, 0.25) is 0 Å². The fourth-order valence-electron chi connectivity index (χ4n) is 1.85. The summed E-state index contributed by atoms with van der Waals surface area (Å²) in [7, 11) is 1.44. The van der Waals surface area contributed by atoms with Crippen LogP contribution in [0, 0.1) is 11.8 Å². The van der Waals surface area contributed by atoms with E-state index in [0.29, 0.717) is 6.42 Å². The van der Waals surface area contributed by atoms with Gasteiger partial charge in [-0.05, 0) is 25.3 Å². The molecule has 0 radical (unpaired) electrons. The zero-order valence-corrected chi connectivity index (χ0v) is 13.7. The van der Waals surface area contributed by atoms with Crippen molar-refractivity contribution in [2.24, 2.45) is 0 Å². The lowest BCUT2D eigenvalue weighted by Crippen LogP contribution is -1.99. The molecule has 0 amide bonds. The molecule has 0 rings (SSSR count). The molecule has 0 aliphatic heterocycles. The van der Waals surface area contributed by atoms with E-state index >= 15 is 0 Å². The molecule has 0 aromatic carbocycles. The Balaban J connectivity index is 3.35. The van der Waals surface area contributed by atoms with Crippen LogP contribution in [0.4, 0.5) is 0 Å². The van der Waals surface area contributed by atoms with Crippen LogP contribution in [0.5, 0.6) is 0 Å². The summed E-state index contributed by atoms with van der Waals surface area (Å²) in [5.74, 6) is 6.12. The quantitative estimate of drug-likeness (QED) is 0.226. The molecule has 2 nitrogen and oxygen atoms in total. The maximum Gasteiger partial charge on any atom is 0.305 e. The summed E-state index contributed by atoms with van der Waals surface area (Å²) in [6, 6.07) is 0. The number of esters is 1. The number of unbranched alkanes of at least 4 members (excludes halogenated alkanes) is 7. The van der Waals surface area contributed by atoms with Crippen molar-refractivity contribution < 1.29 is 9.53 Å². The summed E-state index contributed by atoms with van der Waals surface area (Å²) in [5.41, 5.74) is 0. The van der Waals surface area contributed by atoms with Gasteiger partial charge in [0.05, 0.1) is 7.11 Å². The molecule has 0 bridgehead atoms. The molecule has 0 aromatic heterocycles. The predicted molar refractivity (Wildman–Crippen MR) is 89.9 cm³/mol. The average molecular weight is 290 g/mol. The minimum Gasteiger partial charge on any atom is -0.469 e.